The lowest BCUT2D eigenvalue weighted by atomic mass is 10.0. The second kappa shape index (κ2) is 8.49. The Labute approximate surface area is 174 Å². The van der Waals surface area contributed by atoms with Crippen LogP contribution in [0.25, 0.3) is 10.8 Å². The average molecular weight is 404 g/mol. The maximum absolute atomic E-state index is 12.7. The Bertz CT molecular complexity index is 1100. The fourth-order valence-corrected chi connectivity index (χ4v) is 4.24. The van der Waals surface area contributed by atoms with Crippen LogP contribution in [0.3, 0.4) is 0 Å². The molecule has 5 nitrogen and oxygen atoms in total. The first-order chi connectivity index (χ1) is 14.2. The minimum atomic E-state index is -0.176. The van der Waals surface area contributed by atoms with Crippen LogP contribution in [0.15, 0.2) is 76.9 Å². The molecule has 0 bridgehead atoms. The number of para-hydroxylation sites is 1. The molecule has 1 aliphatic rings. The summed E-state index contributed by atoms with van der Waals surface area (Å²) >= 11 is 1.43. The second-order valence-corrected chi connectivity index (χ2v) is 8.00. The number of hydrogen-bond acceptors (Lipinski definition) is 5. The molecule has 4 rings (SSSR count). The van der Waals surface area contributed by atoms with Crippen molar-refractivity contribution in [1.29, 1.82) is 0 Å². The SMILES string of the molecule is COc1ccccc1/C=N/N=C1/SC(C)C(=O)N1Cc1cccc2ccccc12. The molecule has 1 unspecified atom stereocenters. The van der Waals surface area contributed by atoms with Gasteiger partial charge in [-0.3, -0.25) is 9.69 Å². The normalized spacial score (nSPS) is 18.3. The Morgan fingerprint density at radius 3 is 2.69 bits per heavy atom. The number of nitrogens with zero attached hydrogens (tertiary/aromatic N) is 3. The maximum Gasteiger partial charge on any atom is 0.242 e. The van der Waals surface area contributed by atoms with Gasteiger partial charge in [-0.05, 0) is 35.4 Å². The van der Waals surface area contributed by atoms with Crippen LogP contribution in [0.2, 0.25) is 0 Å². The van der Waals surface area contributed by atoms with Crippen molar-refractivity contribution in [2.75, 3.05) is 7.11 Å². The molecular weight excluding hydrogens is 382 g/mol. The smallest absolute Gasteiger partial charge is 0.242 e. The van der Waals surface area contributed by atoms with E-state index in [2.05, 4.69) is 34.5 Å². The Morgan fingerprint density at radius 1 is 1.07 bits per heavy atom. The van der Waals surface area contributed by atoms with E-state index < -0.39 is 0 Å². The van der Waals surface area contributed by atoms with Crippen LogP contribution in [-0.2, 0) is 11.3 Å². The van der Waals surface area contributed by atoms with Crippen LogP contribution in [0.5, 0.6) is 5.75 Å². The number of rotatable bonds is 5. The molecule has 1 heterocycles. The average Bonchev–Trinajstić information content (AvgIpc) is 3.02. The predicted octanol–water partition coefficient (Wildman–Crippen LogP) is 4.70. The lowest BCUT2D eigenvalue weighted by Gasteiger charge is -2.17. The quantitative estimate of drug-likeness (QED) is 0.458. The molecule has 1 fully saturated rings. The number of amides is 1. The number of amidine groups is 1. The van der Waals surface area contributed by atoms with Gasteiger partial charge in [0.1, 0.15) is 5.75 Å². The lowest BCUT2D eigenvalue weighted by molar-refractivity contribution is -0.126. The largest absolute Gasteiger partial charge is 0.496 e. The van der Waals surface area contributed by atoms with Crippen molar-refractivity contribution in [3.05, 3.63) is 77.9 Å². The molecule has 0 N–H and O–H groups in total. The van der Waals surface area contributed by atoms with E-state index in [1.54, 1.807) is 18.2 Å². The molecule has 146 valence electrons. The van der Waals surface area contributed by atoms with Gasteiger partial charge in [0.25, 0.3) is 0 Å². The van der Waals surface area contributed by atoms with Gasteiger partial charge in [-0.1, -0.05) is 66.4 Å². The number of carbonyl (C=O) groups excluding carboxylic acids is 1. The van der Waals surface area contributed by atoms with E-state index in [0.717, 1.165) is 27.6 Å². The van der Waals surface area contributed by atoms with Crippen LogP contribution < -0.4 is 4.74 Å². The number of hydrogen-bond donors (Lipinski definition) is 0. The standard InChI is InChI=1S/C23H21N3O2S/c1-16-22(27)26(15-19-11-7-10-17-8-3-5-12-20(17)19)23(29-16)25-24-14-18-9-4-6-13-21(18)28-2/h3-14,16H,15H2,1-2H3/b24-14+,25-23+. The number of fused-ring (bicyclic) bond motifs is 1. The van der Waals surface area contributed by atoms with Gasteiger partial charge in [0, 0.05) is 5.56 Å². The summed E-state index contributed by atoms with van der Waals surface area (Å²) in [6, 6.07) is 21.9. The molecule has 0 saturated carbocycles. The molecule has 29 heavy (non-hydrogen) atoms. The molecule has 0 spiro atoms. The lowest BCUT2D eigenvalue weighted by Crippen LogP contribution is -2.30. The van der Waals surface area contributed by atoms with Gasteiger partial charge in [0.15, 0.2) is 5.17 Å². The van der Waals surface area contributed by atoms with Gasteiger partial charge in [0.2, 0.25) is 5.91 Å². The third kappa shape index (κ3) is 4.03. The van der Waals surface area contributed by atoms with Crippen molar-refractivity contribution >= 4 is 39.8 Å². The molecule has 0 aromatic heterocycles. The number of benzene rings is 3. The Morgan fingerprint density at radius 2 is 1.83 bits per heavy atom. The molecule has 6 heteroatoms. The fourth-order valence-electron chi connectivity index (χ4n) is 3.32. The van der Waals surface area contributed by atoms with Crippen LogP contribution in [0.1, 0.15) is 18.1 Å². The van der Waals surface area contributed by atoms with Crippen molar-refractivity contribution in [2.24, 2.45) is 10.2 Å². The summed E-state index contributed by atoms with van der Waals surface area (Å²) < 4.78 is 5.33. The van der Waals surface area contributed by atoms with Gasteiger partial charge in [-0.15, -0.1) is 5.10 Å². The van der Waals surface area contributed by atoms with Crippen LogP contribution in [-0.4, -0.2) is 34.5 Å². The topological polar surface area (TPSA) is 54.3 Å². The van der Waals surface area contributed by atoms with Crippen molar-refractivity contribution in [1.82, 2.24) is 4.90 Å². The van der Waals surface area contributed by atoms with Crippen LogP contribution in [0.4, 0.5) is 0 Å². The van der Waals surface area contributed by atoms with Gasteiger partial charge in [-0.25, -0.2) is 0 Å². The third-order valence-electron chi connectivity index (χ3n) is 4.81. The van der Waals surface area contributed by atoms with Gasteiger partial charge < -0.3 is 4.74 Å². The Balaban J connectivity index is 1.62. The van der Waals surface area contributed by atoms with Gasteiger partial charge >= 0.3 is 0 Å². The molecular formula is C23H21N3O2S. The molecule has 0 aliphatic carbocycles. The number of methoxy groups -OCH3 is 1. The number of thioether (sulfide) groups is 1. The van der Waals surface area contributed by atoms with E-state index in [1.165, 1.54) is 11.8 Å². The Hall–Kier alpha value is -3.12. The zero-order valence-electron chi connectivity index (χ0n) is 16.3. The van der Waals surface area contributed by atoms with Crippen molar-refractivity contribution in [3.8, 4) is 5.75 Å². The third-order valence-corrected chi connectivity index (χ3v) is 5.88. The zero-order valence-corrected chi connectivity index (χ0v) is 17.1. The van der Waals surface area contributed by atoms with Crippen molar-refractivity contribution in [2.45, 2.75) is 18.7 Å². The van der Waals surface area contributed by atoms with Gasteiger partial charge in [-0.2, -0.15) is 5.10 Å². The highest BCUT2D eigenvalue weighted by Gasteiger charge is 2.35. The molecule has 1 saturated heterocycles. The first kappa shape index (κ1) is 19.2. The molecule has 3 aromatic rings. The fraction of sp³-hybridized carbons (Fsp3) is 0.174. The first-order valence-corrected chi connectivity index (χ1v) is 10.2. The molecule has 1 aliphatic heterocycles. The summed E-state index contributed by atoms with van der Waals surface area (Å²) in [5, 5.41) is 11.3. The number of ether oxygens (including phenoxy) is 1. The van der Waals surface area contributed by atoms with E-state index in [-0.39, 0.29) is 11.2 Å². The first-order valence-electron chi connectivity index (χ1n) is 9.36. The van der Waals surface area contributed by atoms with E-state index in [9.17, 15) is 4.79 Å². The molecule has 3 aromatic carbocycles. The molecule has 1 amide bonds. The predicted molar refractivity (Wildman–Crippen MR) is 120 cm³/mol. The monoisotopic (exact) mass is 403 g/mol. The van der Waals surface area contributed by atoms with Crippen LogP contribution >= 0.6 is 11.8 Å². The minimum absolute atomic E-state index is 0.0502. The maximum atomic E-state index is 12.7. The molecule has 0 radical (unpaired) electrons. The number of carbonyl (C=O) groups is 1. The van der Waals surface area contributed by atoms with E-state index in [1.807, 2.05) is 49.4 Å². The van der Waals surface area contributed by atoms with Crippen molar-refractivity contribution in [3.63, 3.8) is 0 Å². The molecule has 1 atom stereocenters. The second-order valence-electron chi connectivity index (χ2n) is 6.69. The summed E-state index contributed by atoms with van der Waals surface area (Å²) in [7, 11) is 1.62. The van der Waals surface area contributed by atoms with E-state index in [4.69, 9.17) is 4.74 Å². The highest BCUT2D eigenvalue weighted by atomic mass is 32.2. The summed E-state index contributed by atoms with van der Waals surface area (Å²) in [5.74, 6) is 0.779. The minimum Gasteiger partial charge on any atom is -0.496 e. The van der Waals surface area contributed by atoms with Crippen LogP contribution in [0, 0.1) is 0 Å². The summed E-state index contributed by atoms with van der Waals surface area (Å²) in [6.45, 7) is 2.37. The Kier molecular flexibility index (Phi) is 5.62. The highest BCUT2D eigenvalue weighted by Crippen LogP contribution is 2.30. The van der Waals surface area contributed by atoms with Crippen molar-refractivity contribution < 1.29 is 9.53 Å². The summed E-state index contributed by atoms with van der Waals surface area (Å²) in [4.78, 5) is 14.5. The summed E-state index contributed by atoms with van der Waals surface area (Å²) in [6.07, 6.45) is 1.65. The zero-order chi connectivity index (χ0) is 20.2. The highest BCUT2D eigenvalue weighted by molar-refractivity contribution is 8.15. The van der Waals surface area contributed by atoms with Gasteiger partial charge in [0.05, 0.1) is 25.1 Å². The summed E-state index contributed by atoms with van der Waals surface area (Å²) in [5.41, 5.74) is 1.93. The van der Waals surface area contributed by atoms with E-state index in [0.29, 0.717) is 11.7 Å². The van der Waals surface area contributed by atoms with E-state index >= 15 is 0 Å².